The average molecular weight is 227 g/mol. The van der Waals surface area contributed by atoms with Crippen LogP contribution in [0.4, 0.5) is 5.69 Å². The minimum atomic E-state index is -0.563. The molecule has 1 aromatic heterocycles. The Morgan fingerprint density at radius 3 is 3.00 bits per heavy atom. The number of carbonyl (C=O) groups excluding carboxylic acids is 1. The van der Waals surface area contributed by atoms with Crippen molar-refractivity contribution in [2.75, 3.05) is 6.54 Å². The Labute approximate surface area is 91.6 Å². The fraction of sp³-hybridized carbons (Fsp3) is 0.500. The molecule has 0 bridgehead atoms. The summed E-state index contributed by atoms with van der Waals surface area (Å²) in [4.78, 5) is 20.9. The zero-order valence-electron chi connectivity index (χ0n) is 8.79. The van der Waals surface area contributed by atoms with Crippen molar-refractivity contribution in [3.05, 3.63) is 22.5 Å². The minimum Gasteiger partial charge on any atom is -0.353 e. The number of nitrogens with zero attached hydrogens (tertiary/aromatic N) is 3. The highest BCUT2D eigenvalue weighted by atomic mass is 16.6. The van der Waals surface area contributed by atoms with Crippen LogP contribution in [0.5, 0.6) is 0 Å². The number of aromatic nitrogens is 2. The van der Waals surface area contributed by atoms with E-state index in [0.29, 0.717) is 13.1 Å². The molecule has 8 nitrogen and oxygen atoms in total. The summed E-state index contributed by atoms with van der Waals surface area (Å²) in [5, 5.41) is 16.7. The van der Waals surface area contributed by atoms with E-state index in [9.17, 15) is 14.9 Å². The molecule has 0 unspecified atom stereocenters. The van der Waals surface area contributed by atoms with E-state index in [4.69, 9.17) is 5.73 Å². The lowest BCUT2D eigenvalue weighted by atomic mass is 10.3. The number of nitro groups is 1. The monoisotopic (exact) mass is 227 g/mol. The van der Waals surface area contributed by atoms with E-state index < -0.39 is 11.0 Å². The van der Waals surface area contributed by atoms with Crippen molar-refractivity contribution < 1.29 is 9.72 Å². The summed E-state index contributed by atoms with van der Waals surface area (Å²) in [5.41, 5.74) is 5.26. The first-order chi connectivity index (χ1) is 7.50. The van der Waals surface area contributed by atoms with Gasteiger partial charge >= 0.3 is 5.69 Å². The van der Waals surface area contributed by atoms with Crippen LogP contribution in [-0.2, 0) is 11.3 Å². The Bertz CT molecular complexity index is 387. The molecule has 0 aliphatic heterocycles. The third kappa shape index (κ3) is 3.31. The van der Waals surface area contributed by atoms with E-state index in [1.54, 1.807) is 6.92 Å². The number of nitrogens with one attached hydrogen (secondary N) is 1. The van der Waals surface area contributed by atoms with Crippen LogP contribution in [0, 0.1) is 10.1 Å². The fourth-order valence-corrected chi connectivity index (χ4v) is 1.02. The van der Waals surface area contributed by atoms with Gasteiger partial charge in [-0.1, -0.05) is 0 Å². The first kappa shape index (κ1) is 12.1. The summed E-state index contributed by atoms with van der Waals surface area (Å²) < 4.78 is 1.39. The maximum absolute atomic E-state index is 11.1. The van der Waals surface area contributed by atoms with E-state index in [1.165, 1.54) is 10.9 Å². The Kier molecular flexibility index (Phi) is 3.95. The van der Waals surface area contributed by atoms with Gasteiger partial charge in [0.15, 0.2) is 0 Å². The van der Waals surface area contributed by atoms with Crippen LogP contribution >= 0.6 is 0 Å². The van der Waals surface area contributed by atoms with Crippen molar-refractivity contribution in [3.63, 3.8) is 0 Å². The highest BCUT2D eigenvalue weighted by Crippen LogP contribution is 2.06. The number of hydrogen-bond acceptors (Lipinski definition) is 5. The van der Waals surface area contributed by atoms with Crippen LogP contribution < -0.4 is 11.1 Å². The molecule has 3 N–H and O–H groups in total. The second kappa shape index (κ2) is 5.21. The molecular weight excluding hydrogens is 214 g/mol. The summed E-state index contributed by atoms with van der Waals surface area (Å²) in [6.45, 7) is 2.28. The molecule has 0 fully saturated rings. The van der Waals surface area contributed by atoms with Gasteiger partial charge in [0.25, 0.3) is 0 Å². The molecule has 0 radical (unpaired) electrons. The highest BCUT2D eigenvalue weighted by Gasteiger charge is 2.09. The number of hydrogen-bond donors (Lipinski definition) is 2. The fourth-order valence-electron chi connectivity index (χ4n) is 1.02. The van der Waals surface area contributed by atoms with Crippen LogP contribution in [0.25, 0.3) is 0 Å². The van der Waals surface area contributed by atoms with Crippen molar-refractivity contribution in [2.24, 2.45) is 5.73 Å². The Balaban J connectivity index is 2.37. The zero-order valence-corrected chi connectivity index (χ0v) is 8.79. The molecule has 0 saturated carbocycles. The number of amides is 1. The van der Waals surface area contributed by atoms with Crippen LogP contribution in [-0.4, -0.2) is 33.2 Å². The molecule has 1 aromatic rings. The molecule has 0 saturated heterocycles. The quantitative estimate of drug-likeness (QED) is 0.507. The molecule has 8 heteroatoms. The first-order valence-electron chi connectivity index (χ1n) is 4.71. The number of nitrogens with two attached hydrogens (primary N) is 1. The van der Waals surface area contributed by atoms with Crippen molar-refractivity contribution in [3.8, 4) is 0 Å². The zero-order chi connectivity index (χ0) is 12.1. The van der Waals surface area contributed by atoms with Gasteiger partial charge in [-0.15, -0.1) is 0 Å². The van der Waals surface area contributed by atoms with Gasteiger partial charge in [0, 0.05) is 6.54 Å². The molecule has 0 spiro atoms. The van der Waals surface area contributed by atoms with Gasteiger partial charge in [-0.2, -0.15) is 5.10 Å². The summed E-state index contributed by atoms with van der Waals surface area (Å²) in [7, 11) is 0. The Morgan fingerprint density at radius 2 is 2.50 bits per heavy atom. The lowest BCUT2D eigenvalue weighted by Crippen LogP contribution is -2.39. The van der Waals surface area contributed by atoms with Crippen LogP contribution in [0.1, 0.15) is 6.92 Å². The van der Waals surface area contributed by atoms with Crippen molar-refractivity contribution in [1.82, 2.24) is 15.1 Å². The molecule has 0 aromatic carbocycles. The molecule has 0 aliphatic rings. The highest BCUT2D eigenvalue weighted by molar-refractivity contribution is 5.80. The standard InChI is InChI=1S/C8H13N5O3/c1-6(9)8(14)10-2-3-12-5-7(4-11-12)13(15)16/h4-6H,2-3,9H2,1H3,(H,10,14)/t6-/m1/s1. The van der Waals surface area contributed by atoms with Gasteiger partial charge in [-0.3, -0.25) is 19.6 Å². The molecule has 0 aliphatic carbocycles. The predicted octanol–water partition coefficient (Wildman–Crippen LogP) is -0.745. The largest absolute Gasteiger partial charge is 0.353 e. The van der Waals surface area contributed by atoms with Crippen LogP contribution in [0.15, 0.2) is 12.4 Å². The predicted molar refractivity (Wildman–Crippen MR) is 55.5 cm³/mol. The lowest BCUT2D eigenvalue weighted by molar-refractivity contribution is -0.385. The maximum atomic E-state index is 11.1. The normalized spacial score (nSPS) is 12.1. The molecule has 1 rings (SSSR count). The van der Waals surface area contributed by atoms with Crippen molar-refractivity contribution >= 4 is 11.6 Å². The summed E-state index contributed by atoms with van der Waals surface area (Å²) in [6.07, 6.45) is 2.46. The second-order valence-corrected chi connectivity index (χ2v) is 3.30. The van der Waals surface area contributed by atoms with Gasteiger partial charge in [-0.05, 0) is 6.92 Å². The molecular formula is C8H13N5O3. The Hall–Kier alpha value is -1.96. The van der Waals surface area contributed by atoms with Gasteiger partial charge in [0.05, 0.1) is 17.5 Å². The van der Waals surface area contributed by atoms with Gasteiger partial charge in [-0.25, -0.2) is 0 Å². The molecule has 1 amide bonds. The second-order valence-electron chi connectivity index (χ2n) is 3.30. The SMILES string of the molecule is C[C@@H](N)C(=O)NCCn1cc([N+](=O)[O-])cn1. The minimum absolute atomic E-state index is 0.0708. The van der Waals surface area contributed by atoms with E-state index in [2.05, 4.69) is 10.4 Å². The molecule has 88 valence electrons. The van der Waals surface area contributed by atoms with Crippen molar-refractivity contribution in [1.29, 1.82) is 0 Å². The van der Waals surface area contributed by atoms with Crippen molar-refractivity contribution in [2.45, 2.75) is 19.5 Å². The number of carbonyl (C=O) groups is 1. The first-order valence-corrected chi connectivity index (χ1v) is 4.71. The molecule has 16 heavy (non-hydrogen) atoms. The molecule has 1 atom stereocenters. The Morgan fingerprint density at radius 1 is 1.81 bits per heavy atom. The average Bonchev–Trinajstić information content (AvgIpc) is 2.66. The van der Waals surface area contributed by atoms with Crippen LogP contribution in [0.3, 0.4) is 0 Å². The van der Waals surface area contributed by atoms with Crippen LogP contribution in [0.2, 0.25) is 0 Å². The molecule has 1 heterocycles. The van der Waals surface area contributed by atoms with E-state index >= 15 is 0 Å². The van der Waals surface area contributed by atoms with E-state index in [-0.39, 0.29) is 11.6 Å². The smallest absolute Gasteiger partial charge is 0.306 e. The number of rotatable bonds is 5. The van der Waals surface area contributed by atoms with Gasteiger partial charge in [0.2, 0.25) is 5.91 Å². The summed E-state index contributed by atoms with van der Waals surface area (Å²) in [5.74, 6) is -0.262. The van der Waals surface area contributed by atoms with Gasteiger partial charge < -0.3 is 11.1 Å². The van der Waals surface area contributed by atoms with E-state index in [0.717, 1.165) is 6.20 Å². The summed E-state index contributed by atoms with van der Waals surface area (Å²) >= 11 is 0. The van der Waals surface area contributed by atoms with E-state index in [1.807, 2.05) is 0 Å². The topological polar surface area (TPSA) is 116 Å². The lowest BCUT2D eigenvalue weighted by Gasteiger charge is -2.06. The summed E-state index contributed by atoms with van der Waals surface area (Å²) in [6, 6.07) is -0.563. The maximum Gasteiger partial charge on any atom is 0.306 e. The van der Waals surface area contributed by atoms with Gasteiger partial charge in [0.1, 0.15) is 12.4 Å². The third-order valence-corrected chi connectivity index (χ3v) is 1.88. The third-order valence-electron chi connectivity index (χ3n) is 1.88.